The number of halogens is 3. The van der Waals surface area contributed by atoms with Crippen molar-refractivity contribution in [2.75, 3.05) is 51.9 Å². The summed E-state index contributed by atoms with van der Waals surface area (Å²) in [7, 11) is 2.77. The van der Waals surface area contributed by atoms with E-state index in [1.165, 1.54) is 32.4 Å². The number of aryl methyl sites for hydroxylation is 1. The number of nitrogens with zero attached hydrogens (tertiary/aromatic N) is 6. The number of fused-ring (bicyclic) bond motifs is 5. The zero-order valence-electron chi connectivity index (χ0n) is 33.3. The molecular weight excluding hydrogens is 814 g/mol. The SMILES string of the molecule is C=C(COc1ccc2nc3c(c(CC)c2c1)Cn1c-3cc(C(O)C=O)c(COC)c1=O)C(=O)N1CCN(c2nc(OC)nc3c(F)c(-c4c(O)cccc4F)c(Cl)cc23)CC1. The van der Waals surface area contributed by atoms with Gasteiger partial charge in [0.05, 0.1) is 47.8 Å². The van der Waals surface area contributed by atoms with E-state index in [0.717, 1.165) is 22.6 Å². The number of aromatic hydroxyl groups is 1. The van der Waals surface area contributed by atoms with Crippen LogP contribution in [-0.4, -0.2) is 93.8 Å². The van der Waals surface area contributed by atoms with E-state index in [0.29, 0.717) is 54.3 Å². The van der Waals surface area contributed by atoms with E-state index in [9.17, 15) is 29.0 Å². The summed E-state index contributed by atoms with van der Waals surface area (Å²) >= 11 is 6.53. The lowest BCUT2D eigenvalue weighted by Crippen LogP contribution is -2.49. The topological polar surface area (TPSA) is 169 Å². The molecule has 1 amide bonds. The molecule has 5 heterocycles. The highest BCUT2D eigenvalue weighted by atomic mass is 35.5. The molecule has 1 unspecified atom stereocenters. The minimum Gasteiger partial charge on any atom is -0.507 e. The molecule has 61 heavy (non-hydrogen) atoms. The Kier molecular flexibility index (Phi) is 11.2. The smallest absolute Gasteiger partial charge is 0.318 e. The summed E-state index contributed by atoms with van der Waals surface area (Å²) in [6.07, 6.45) is -0.506. The molecule has 3 aromatic carbocycles. The summed E-state index contributed by atoms with van der Waals surface area (Å²) in [6.45, 7) is 7.23. The largest absolute Gasteiger partial charge is 0.507 e. The lowest BCUT2D eigenvalue weighted by molar-refractivity contribution is -0.127. The zero-order valence-corrected chi connectivity index (χ0v) is 34.1. The molecule has 2 aliphatic rings. The molecule has 17 heteroatoms. The molecule has 14 nitrogen and oxygen atoms in total. The Labute approximate surface area is 352 Å². The Hall–Kier alpha value is -6.49. The molecule has 0 radical (unpaired) electrons. The second-order valence-corrected chi connectivity index (χ2v) is 15.0. The number of benzene rings is 3. The number of amides is 1. The van der Waals surface area contributed by atoms with Crippen molar-refractivity contribution >= 4 is 51.4 Å². The van der Waals surface area contributed by atoms with Crippen LogP contribution in [0.2, 0.25) is 5.02 Å². The average Bonchev–Trinajstić information content (AvgIpc) is 3.63. The van der Waals surface area contributed by atoms with Crippen molar-refractivity contribution in [2.24, 2.45) is 0 Å². The number of pyridine rings is 2. The predicted molar refractivity (Wildman–Crippen MR) is 223 cm³/mol. The van der Waals surface area contributed by atoms with Crippen molar-refractivity contribution in [3.8, 4) is 40.0 Å². The van der Waals surface area contributed by atoms with Crippen molar-refractivity contribution in [1.82, 2.24) is 24.4 Å². The van der Waals surface area contributed by atoms with Gasteiger partial charge in [-0.25, -0.2) is 13.8 Å². The Morgan fingerprint density at radius 1 is 1.02 bits per heavy atom. The monoisotopic (exact) mass is 852 g/mol. The number of hydrogen-bond acceptors (Lipinski definition) is 12. The maximum Gasteiger partial charge on any atom is 0.318 e. The number of ether oxygens (including phenoxy) is 3. The predicted octanol–water partition coefficient (Wildman–Crippen LogP) is 5.91. The molecule has 0 saturated carbocycles. The van der Waals surface area contributed by atoms with E-state index in [1.54, 1.807) is 27.7 Å². The fraction of sp³-hybridized carbons (Fsp3) is 0.273. The molecule has 8 rings (SSSR count). The number of carbonyl (C=O) groups excluding carboxylic acids is 2. The zero-order chi connectivity index (χ0) is 43.3. The third-order valence-corrected chi connectivity index (χ3v) is 11.4. The Morgan fingerprint density at radius 3 is 2.48 bits per heavy atom. The summed E-state index contributed by atoms with van der Waals surface area (Å²) in [4.78, 5) is 55.8. The number of aliphatic hydroxyl groups is 1. The van der Waals surface area contributed by atoms with Crippen LogP contribution in [-0.2, 0) is 33.9 Å². The van der Waals surface area contributed by atoms with E-state index in [1.807, 2.05) is 17.9 Å². The summed E-state index contributed by atoms with van der Waals surface area (Å²) in [6, 6.07) is 11.9. The first kappa shape index (κ1) is 41.3. The number of piperazine rings is 1. The van der Waals surface area contributed by atoms with Gasteiger partial charge in [0.1, 0.15) is 41.4 Å². The molecule has 3 aromatic heterocycles. The molecule has 0 bridgehead atoms. The van der Waals surface area contributed by atoms with Crippen LogP contribution in [0.5, 0.6) is 17.5 Å². The van der Waals surface area contributed by atoms with Gasteiger partial charge in [0, 0.05) is 71.9 Å². The van der Waals surface area contributed by atoms with Gasteiger partial charge in [0.15, 0.2) is 12.1 Å². The third kappa shape index (κ3) is 7.19. The van der Waals surface area contributed by atoms with Crippen LogP contribution in [0, 0.1) is 11.6 Å². The van der Waals surface area contributed by atoms with E-state index >= 15 is 4.39 Å². The number of rotatable bonds is 12. The van der Waals surface area contributed by atoms with Gasteiger partial charge in [-0.1, -0.05) is 31.2 Å². The second-order valence-electron chi connectivity index (χ2n) is 14.6. The molecule has 1 saturated heterocycles. The number of aldehydes is 1. The van der Waals surface area contributed by atoms with Crippen LogP contribution in [0.4, 0.5) is 14.6 Å². The number of phenols is 1. The first-order valence-corrected chi connectivity index (χ1v) is 19.7. The fourth-order valence-electron chi connectivity index (χ4n) is 8.13. The maximum absolute atomic E-state index is 16.2. The van der Waals surface area contributed by atoms with Crippen LogP contribution in [0.25, 0.3) is 44.3 Å². The van der Waals surface area contributed by atoms with Crippen molar-refractivity contribution < 1.29 is 42.8 Å². The highest BCUT2D eigenvalue weighted by Gasteiger charge is 2.31. The Balaban J connectivity index is 0.977. The van der Waals surface area contributed by atoms with Gasteiger partial charge in [0.25, 0.3) is 11.5 Å². The fourth-order valence-corrected chi connectivity index (χ4v) is 8.41. The normalized spacial score (nSPS) is 14.0. The van der Waals surface area contributed by atoms with Gasteiger partial charge in [-0.15, -0.1) is 0 Å². The van der Waals surface area contributed by atoms with Crippen molar-refractivity contribution in [2.45, 2.75) is 32.6 Å². The van der Waals surface area contributed by atoms with Gasteiger partial charge < -0.3 is 43.6 Å². The average molecular weight is 853 g/mol. The second kappa shape index (κ2) is 16.5. The Morgan fingerprint density at radius 2 is 1.79 bits per heavy atom. The first-order chi connectivity index (χ1) is 29.4. The van der Waals surface area contributed by atoms with E-state index in [2.05, 4.69) is 16.5 Å². The summed E-state index contributed by atoms with van der Waals surface area (Å²) in [5.41, 5.74) is 2.86. The summed E-state index contributed by atoms with van der Waals surface area (Å²) in [5.74, 6) is -1.83. The number of methoxy groups -OCH3 is 2. The molecule has 314 valence electrons. The highest BCUT2D eigenvalue weighted by molar-refractivity contribution is 6.34. The van der Waals surface area contributed by atoms with E-state index in [-0.39, 0.29) is 88.5 Å². The number of aliphatic hydroxyl groups excluding tert-OH is 1. The van der Waals surface area contributed by atoms with Crippen molar-refractivity contribution in [3.05, 3.63) is 110 Å². The van der Waals surface area contributed by atoms with Crippen LogP contribution in [0.15, 0.2) is 65.5 Å². The molecule has 2 aliphatic heterocycles. The third-order valence-electron chi connectivity index (χ3n) is 11.1. The van der Waals surface area contributed by atoms with Crippen molar-refractivity contribution in [3.63, 3.8) is 0 Å². The van der Waals surface area contributed by atoms with Gasteiger partial charge in [-0.05, 0) is 54.4 Å². The van der Waals surface area contributed by atoms with Gasteiger partial charge >= 0.3 is 6.01 Å². The number of carbonyl (C=O) groups is 2. The van der Waals surface area contributed by atoms with Crippen molar-refractivity contribution in [1.29, 1.82) is 0 Å². The van der Waals surface area contributed by atoms with Crippen LogP contribution < -0.4 is 19.9 Å². The standard InChI is InChI=1S/C44H39ClF2N6O8/c1-5-24-25-15-23(9-10-32(25)48-39-28(24)18-53-33(39)17-26(35(56)19-54)29(21-59-3)43(53)58)61-20-22(2)42(57)52-13-11-51(12-14-52)41-27-16-30(45)36(37-31(46)7-6-8-34(37)55)38(47)40(27)49-44(50-41)60-4/h6-10,15-17,19,35,55-56H,2,5,11-14,18,20-21H2,1,3-4H3. The molecule has 1 fully saturated rings. The van der Waals surface area contributed by atoms with E-state index < -0.39 is 29.1 Å². The van der Waals surface area contributed by atoms with Crippen LogP contribution >= 0.6 is 11.6 Å². The Bertz CT molecular complexity index is 2840. The molecule has 0 spiro atoms. The quantitative estimate of drug-likeness (QED) is 0.110. The minimum atomic E-state index is -1.49. The highest BCUT2D eigenvalue weighted by Crippen LogP contribution is 2.43. The van der Waals surface area contributed by atoms with Gasteiger partial charge in [0.2, 0.25) is 0 Å². The van der Waals surface area contributed by atoms with Gasteiger partial charge in [-0.2, -0.15) is 9.97 Å². The molecular formula is C44H39ClF2N6O8. The van der Waals surface area contributed by atoms with Crippen LogP contribution in [0.3, 0.4) is 0 Å². The summed E-state index contributed by atoms with van der Waals surface area (Å²) in [5, 5.41) is 21.7. The molecule has 0 aliphatic carbocycles. The number of aromatic nitrogens is 4. The molecule has 6 aromatic rings. The summed E-state index contributed by atoms with van der Waals surface area (Å²) < 4.78 is 49.2. The number of anilines is 1. The lowest BCUT2D eigenvalue weighted by atomic mass is 9.98. The molecule has 1 atom stereocenters. The lowest BCUT2D eigenvalue weighted by Gasteiger charge is -2.36. The first-order valence-electron chi connectivity index (χ1n) is 19.3. The van der Waals surface area contributed by atoms with Crippen LogP contribution in [0.1, 0.15) is 35.3 Å². The van der Waals surface area contributed by atoms with E-state index in [4.69, 9.17) is 30.8 Å². The van der Waals surface area contributed by atoms with Gasteiger partial charge in [-0.3, -0.25) is 9.59 Å². The maximum atomic E-state index is 16.2. The number of phenolic OH excluding ortho intramolecular Hbond substituents is 1. The number of hydrogen-bond donors (Lipinski definition) is 2. The molecule has 2 N–H and O–H groups in total. The minimum absolute atomic E-state index is 0.0696.